The van der Waals surface area contributed by atoms with Crippen molar-refractivity contribution in [3.8, 4) is 0 Å². The number of benzene rings is 3. The molecule has 0 fully saturated rings. The highest BCUT2D eigenvalue weighted by Gasteiger charge is 2.32. The van der Waals surface area contributed by atoms with E-state index in [9.17, 15) is 18.0 Å². The van der Waals surface area contributed by atoms with Crippen molar-refractivity contribution in [3.63, 3.8) is 0 Å². The molecule has 0 aliphatic rings. The molecule has 0 saturated carbocycles. The van der Waals surface area contributed by atoms with Crippen LogP contribution in [0.25, 0.3) is 0 Å². The van der Waals surface area contributed by atoms with Gasteiger partial charge in [-0.25, -0.2) is 8.42 Å². The summed E-state index contributed by atoms with van der Waals surface area (Å²) in [5.41, 5.74) is 2.20. The molecule has 9 heteroatoms. The molecule has 0 aliphatic heterocycles. The summed E-state index contributed by atoms with van der Waals surface area (Å²) < 4.78 is 29.2. The van der Waals surface area contributed by atoms with Crippen LogP contribution in [0.3, 0.4) is 0 Å². The highest BCUT2D eigenvalue weighted by molar-refractivity contribution is 9.10. The molecule has 3 rings (SSSR count). The molecule has 2 amide bonds. The van der Waals surface area contributed by atoms with Crippen LogP contribution in [0.2, 0.25) is 0 Å². The minimum Gasteiger partial charge on any atom is -0.352 e. The van der Waals surface area contributed by atoms with Crippen LogP contribution in [-0.4, -0.2) is 43.8 Å². The number of carbonyl (C=O) groups excluding carboxylic acids is 2. The van der Waals surface area contributed by atoms with Crippen molar-refractivity contribution in [1.82, 2.24) is 10.2 Å². The molecule has 1 unspecified atom stereocenters. The number of anilines is 1. The lowest BCUT2D eigenvalue weighted by atomic mass is 10.1. The molecular weight excluding hydrogens is 554 g/mol. The van der Waals surface area contributed by atoms with Gasteiger partial charge >= 0.3 is 0 Å². The molecule has 0 radical (unpaired) electrons. The minimum atomic E-state index is -4.08. The summed E-state index contributed by atoms with van der Waals surface area (Å²) in [6, 6.07) is 21.5. The van der Waals surface area contributed by atoms with Crippen molar-refractivity contribution in [2.75, 3.05) is 10.8 Å². The van der Waals surface area contributed by atoms with Crippen LogP contribution in [0.1, 0.15) is 31.9 Å². The minimum absolute atomic E-state index is 0.0682. The first-order valence-electron chi connectivity index (χ1n) is 12.0. The molecule has 37 heavy (non-hydrogen) atoms. The van der Waals surface area contributed by atoms with Gasteiger partial charge in [0.2, 0.25) is 11.8 Å². The first-order chi connectivity index (χ1) is 17.5. The third kappa shape index (κ3) is 7.42. The second-order valence-corrected chi connectivity index (χ2v) is 11.9. The van der Waals surface area contributed by atoms with E-state index in [0.29, 0.717) is 10.2 Å². The van der Waals surface area contributed by atoms with E-state index < -0.39 is 28.5 Å². The Morgan fingerprint density at radius 3 is 2.22 bits per heavy atom. The van der Waals surface area contributed by atoms with Gasteiger partial charge in [-0.05, 0) is 63.6 Å². The summed E-state index contributed by atoms with van der Waals surface area (Å²) in [7, 11) is -4.08. The summed E-state index contributed by atoms with van der Waals surface area (Å²) in [4.78, 5) is 28.3. The van der Waals surface area contributed by atoms with Gasteiger partial charge < -0.3 is 10.2 Å². The molecule has 0 saturated heterocycles. The second-order valence-electron chi connectivity index (χ2n) is 9.15. The van der Waals surface area contributed by atoms with Gasteiger partial charge in [0.05, 0.1) is 10.6 Å². The van der Waals surface area contributed by atoms with Crippen LogP contribution in [0.5, 0.6) is 0 Å². The average Bonchev–Trinajstić information content (AvgIpc) is 2.85. The van der Waals surface area contributed by atoms with Gasteiger partial charge in [-0.15, -0.1) is 0 Å². The van der Waals surface area contributed by atoms with Crippen molar-refractivity contribution in [2.45, 2.75) is 51.2 Å². The summed E-state index contributed by atoms with van der Waals surface area (Å²) in [5, 5.41) is 2.85. The fourth-order valence-corrected chi connectivity index (χ4v) is 5.69. The third-order valence-corrected chi connectivity index (χ3v) is 8.02. The number of aryl methyl sites for hydroxylation is 1. The fourth-order valence-electron chi connectivity index (χ4n) is 3.87. The molecule has 0 aliphatic carbocycles. The van der Waals surface area contributed by atoms with Crippen LogP contribution in [0.15, 0.2) is 88.2 Å². The van der Waals surface area contributed by atoms with E-state index in [-0.39, 0.29) is 23.4 Å². The maximum atomic E-state index is 13.8. The van der Waals surface area contributed by atoms with Gasteiger partial charge in [0, 0.05) is 17.1 Å². The maximum absolute atomic E-state index is 13.8. The van der Waals surface area contributed by atoms with Crippen LogP contribution in [-0.2, 0) is 26.2 Å². The number of hydrogen-bond acceptors (Lipinski definition) is 4. The van der Waals surface area contributed by atoms with Crippen molar-refractivity contribution in [1.29, 1.82) is 0 Å². The summed E-state index contributed by atoms with van der Waals surface area (Å²) in [6.45, 7) is 6.98. The van der Waals surface area contributed by atoms with Gasteiger partial charge in [-0.1, -0.05) is 70.0 Å². The Morgan fingerprint density at radius 1 is 0.919 bits per heavy atom. The van der Waals surface area contributed by atoms with Crippen molar-refractivity contribution < 1.29 is 18.0 Å². The van der Waals surface area contributed by atoms with E-state index >= 15 is 0 Å². The Morgan fingerprint density at radius 2 is 1.59 bits per heavy atom. The van der Waals surface area contributed by atoms with Gasteiger partial charge in [-0.3, -0.25) is 13.9 Å². The topological polar surface area (TPSA) is 86.8 Å². The number of nitrogens with one attached hydrogen (secondary N) is 1. The Bertz CT molecular complexity index is 1350. The standard InChI is InChI=1S/C28H32BrN3O4S/c1-20(2)30-28(34)22(4)31(18-23-11-8-10-21(3)16-23)27(33)19-32(25-13-9-12-24(29)17-25)37(35,36)26-14-6-5-7-15-26/h5-17,20,22H,18-19H2,1-4H3,(H,30,34). The molecule has 0 aromatic heterocycles. The molecule has 1 N–H and O–H groups in total. The molecule has 0 heterocycles. The smallest absolute Gasteiger partial charge is 0.264 e. The van der Waals surface area contributed by atoms with Crippen molar-refractivity contribution in [2.24, 2.45) is 0 Å². The van der Waals surface area contributed by atoms with E-state index in [1.165, 1.54) is 17.0 Å². The molecule has 0 spiro atoms. The zero-order valence-electron chi connectivity index (χ0n) is 21.4. The molecule has 1 atom stereocenters. The lowest BCUT2D eigenvalue weighted by Gasteiger charge is -2.32. The lowest BCUT2D eigenvalue weighted by molar-refractivity contribution is -0.139. The number of hydrogen-bond donors (Lipinski definition) is 1. The predicted molar refractivity (Wildman–Crippen MR) is 150 cm³/mol. The van der Waals surface area contributed by atoms with E-state index in [0.717, 1.165) is 15.4 Å². The van der Waals surface area contributed by atoms with Gasteiger partial charge in [0.25, 0.3) is 10.0 Å². The second kappa shape index (κ2) is 12.4. The lowest BCUT2D eigenvalue weighted by Crippen LogP contribution is -2.52. The molecule has 196 valence electrons. The number of sulfonamides is 1. The number of nitrogens with zero attached hydrogens (tertiary/aromatic N) is 2. The number of rotatable bonds is 10. The zero-order chi connectivity index (χ0) is 27.2. The zero-order valence-corrected chi connectivity index (χ0v) is 23.8. The number of carbonyl (C=O) groups is 2. The number of amides is 2. The molecule has 0 bridgehead atoms. The van der Waals surface area contributed by atoms with Gasteiger partial charge in [-0.2, -0.15) is 0 Å². The SMILES string of the molecule is Cc1cccc(CN(C(=O)CN(c2cccc(Br)c2)S(=O)(=O)c2ccccc2)C(C)C(=O)NC(C)C)c1. The predicted octanol–water partition coefficient (Wildman–Crippen LogP) is 4.89. The first kappa shape index (κ1) is 28.4. The number of halogens is 1. The average molecular weight is 587 g/mol. The maximum Gasteiger partial charge on any atom is 0.264 e. The van der Waals surface area contributed by atoms with Gasteiger partial charge in [0.15, 0.2) is 0 Å². The van der Waals surface area contributed by atoms with E-state index in [4.69, 9.17) is 0 Å². The van der Waals surface area contributed by atoms with Gasteiger partial charge in [0.1, 0.15) is 12.6 Å². The summed E-state index contributed by atoms with van der Waals surface area (Å²) in [5.74, 6) is -0.802. The van der Waals surface area contributed by atoms with Crippen molar-refractivity contribution >= 4 is 43.5 Å². The van der Waals surface area contributed by atoms with Crippen LogP contribution in [0.4, 0.5) is 5.69 Å². The van der Waals surface area contributed by atoms with E-state index in [1.807, 2.05) is 45.0 Å². The molecule has 3 aromatic carbocycles. The summed E-state index contributed by atoms with van der Waals surface area (Å²) >= 11 is 3.39. The summed E-state index contributed by atoms with van der Waals surface area (Å²) in [6.07, 6.45) is 0. The van der Waals surface area contributed by atoms with Crippen molar-refractivity contribution in [3.05, 3.63) is 94.5 Å². The van der Waals surface area contributed by atoms with Crippen LogP contribution < -0.4 is 9.62 Å². The monoisotopic (exact) mass is 585 g/mol. The normalized spacial score (nSPS) is 12.2. The highest BCUT2D eigenvalue weighted by Crippen LogP contribution is 2.27. The first-order valence-corrected chi connectivity index (χ1v) is 14.2. The van der Waals surface area contributed by atoms with Crippen LogP contribution in [0, 0.1) is 6.92 Å². The Labute approximate surface area is 227 Å². The van der Waals surface area contributed by atoms with E-state index in [2.05, 4.69) is 21.2 Å². The molecular formula is C28H32BrN3O4S. The largest absolute Gasteiger partial charge is 0.352 e. The van der Waals surface area contributed by atoms with Crippen LogP contribution >= 0.6 is 15.9 Å². The highest BCUT2D eigenvalue weighted by atomic mass is 79.9. The molecule has 3 aromatic rings. The quantitative estimate of drug-likeness (QED) is 0.367. The van der Waals surface area contributed by atoms with E-state index in [1.54, 1.807) is 49.4 Å². The fraction of sp³-hybridized carbons (Fsp3) is 0.286. The Kier molecular flexibility index (Phi) is 9.50. The third-order valence-electron chi connectivity index (χ3n) is 5.74. The Balaban J connectivity index is 2.02. The molecule has 7 nitrogen and oxygen atoms in total. The Hall–Kier alpha value is -3.17.